The Morgan fingerprint density at radius 2 is 2.30 bits per heavy atom. The van der Waals surface area contributed by atoms with Crippen LogP contribution in [0.5, 0.6) is 0 Å². The summed E-state index contributed by atoms with van der Waals surface area (Å²) in [6.07, 6.45) is 0.429. The lowest BCUT2D eigenvalue weighted by atomic mass is 10.1. The van der Waals surface area contributed by atoms with Gasteiger partial charge in [-0.25, -0.2) is 4.68 Å². The number of aliphatic hydroxyl groups excluding tert-OH is 1. The quantitative estimate of drug-likeness (QED) is 0.849. The average Bonchev–Trinajstić information content (AvgIpc) is 2.95. The second kappa shape index (κ2) is 6.44. The summed E-state index contributed by atoms with van der Waals surface area (Å²) < 4.78 is 1.11. The second-order valence-electron chi connectivity index (χ2n) is 4.23. The van der Waals surface area contributed by atoms with Crippen molar-refractivity contribution in [3.8, 4) is 0 Å². The lowest BCUT2D eigenvalue weighted by Gasteiger charge is -2.16. The van der Waals surface area contributed by atoms with E-state index in [0.717, 1.165) is 9.56 Å². The first-order valence-electron chi connectivity index (χ1n) is 6.11. The van der Waals surface area contributed by atoms with Crippen LogP contribution in [-0.2, 0) is 7.05 Å². The number of aryl methyl sites for hydroxylation is 1. The number of carbonyl (C=O) groups is 1. The fourth-order valence-corrected chi connectivity index (χ4v) is 2.57. The highest BCUT2D eigenvalue weighted by Gasteiger charge is 2.17. The van der Waals surface area contributed by atoms with Crippen LogP contribution >= 0.6 is 11.3 Å². The molecular formula is C13H15N3O3S. The summed E-state index contributed by atoms with van der Waals surface area (Å²) in [5.41, 5.74) is -0.0988. The van der Waals surface area contributed by atoms with Gasteiger partial charge in [-0.05, 0) is 23.9 Å². The lowest BCUT2D eigenvalue weighted by molar-refractivity contribution is 0.0923. The molecule has 20 heavy (non-hydrogen) atoms. The van der Waals surface area contributed by atoms with Crippen molar-refractivity contribution in [3.05, 3.63) is 50.6 Å². The van der Waals surface area contributed by atoms with E-state index in [1.165, 1.54) is 30.5 Å². The SMILES string of the molecule is Cn1nc(C(=O)NC(CCO)c2cccs2)ccc1=O. The minimum absolute atomic E-state index is 0.0243. The molecule has 2 aromatic rings. The smallest absolute Gasteiger partial charge is 0.272 e. The molecule has 1 amide bonds. The first kappa shape index (κ1) is 14.4. The van der Waals surface area contributed by atoms with E-state index in [1.807, 2.05) is 17.5 Å². The predicted octanol–water partition coefficient (Wildman–Crippen LogP) is 0.695. The highest BCUT2D eigenvalue weighted by molar-refractivity contribution is 7.10. The van der Waals surface area contributed by atoms with Crippen LogP contribution in [0.2, 0.25) is 0 Å². The molecule has 0 saturated heterocycles. The number of nitrogens with zero attached hydrogens (tertiary/aromatic N) is 2. The first-order valence-corrected chi connectivity index (χ1v) is 6.99. The summed E-state index contributed by atoms with van der Waals surface area (Å²) in [5, 5.41) is 17.7. The highest BCUT2D eigenvalue weighted by Crippen LogP contribution is 2.21. The van der Waals surface area contributed by atoms with Gasteiger partial charge in [0, 0.05) is 24.6 Å². The van der Waals surface area contributed by atoms with Gasteiger partial charge in [0.15, 0.2) is 0 Å². The molecular weight excluding hydrogens is 278 g/mol. The maximum atomic E-state index is 12.1. The fraction of sp³-hybridized carbons (Fsp3) is 0.308. The number of amides is 1. The largest absolute Gasteiger partial charge is 0.396 e. The van der Waals surface area contributed by atoms with Crippen molar-refractivity contribution in [1.29, 1.82) is 0 Å². The number of aliphatic hydroxyl groups is 1. The van der Waals surface area contributed by atoms with Crippen LogP contribution in [-0.4, -0.2) is 27.4 Å². The second-order valence-corrected chi connectivity index (χ2v) is 5.21. The lowest BCUT2D eigenvalue weighted by Crippen LogP contribution is -2.31. The molecule has 0 radical (unpaired) electrons. The standard InChI is InChI=1S/C13H15N3O3S/c1-16-12(18)5-4-10(15-16)13(19)14-9(6-7-17)11-3-2-8-20-11/h2-5,8-9,17H,6-7H2,1H3,(H,14,19). The van der Waals surface area contributed by atoms with E-state index in [1.54, 1.807) is 0 Å². The molecule has 1 atom stereocenters. The van der Waals surface area contributed by atoms with E-state index < -0.39 is 0 Å². The van der Waals surface area contributed by atoms with Gasteiger partial charge in [0.25, 0.3) is 11.5 Å². The van der Waals surface area contributed by atoms with Crippen LogP contribution in [0.3, 0.4) is 0 Å². The molecule has 6 nitrogen and oxygen atoms in total. The maximum absolute atomic E-state index is 12.1. The molecule has 0 aromatic carbocycles. The molecule has 0 aliphatic carbocycles. The summed E-state index contributed by atoms with van der Waals surface area (Å²) in [6, 6.07) is 6.22. The zero-order chi connectivity index (χ0) is 14.5. The van der Waals surface area contributed by atoms with E-state index in [-0.39, 0.29) is 29.8 Å². The van der Waals surface area contributed by atoms with Crippen molar-refractivity contribution in [1.82, 2.24) is 15.1 Å². The van der Waals surface area contributed by atoms with Crippen LogP contribution in [0.15, 0.2) is 34.4 Å². The molecule has 0 bridgehead atoms. The maximum Gasteiger partial charge on any atom is 0.272 e. The van der Waals surface area contributed by atoms with Gasteiger partial charge in [-0.1, -0.05) is 6.07 Å². The van der Waals surface area contributed by atoms with Crippen molar-refractivity contribution < 1.29 is 9.90 Å². The van der Waals surface area contributed by atoms with E-state index in [9.17, 15) is 9.59 Å². The molecule has 7 heteroatoms. The third-order valence-corrected chi connectivity index (χ3v) is 3.79. The predicted molar refractivity (Wildman–Crippen MR) is 75.7 cm³/mol. The summed E-state index contributed by atoms with van der Waals surface area (Å²) in [7, 11) is 1.49. The normalized spacial score (nSPS) is 12.1. The Labute approximate surface area is 119 Å². The van der Waals surface area contributed by atoms with Gasteiger partial charge in [-0.3, -0.25) is 9.59 Å². The molecule has 2 aromatic heterocycles. The number of thiophene rings is 1. The zero-order valence-corrected chi connectivity index (χ0v) is 11.8. The molecule has 0 spiro atoms. The van der Waals surface area contributed by atoms with Gasteiger partial charge in [-0.2, -0.15) is 5.10 Å². The minimum atomic E-state index is -0.368. The third-order valence-electron chi connectivity index (χ3n) is 2.80. The summed E-state index contributed by atoms with van der Waals surface area (Å²) >= 11 is 1.51. The highest BCUT2D eigenvalue weighted by atomic mass is 32.1. The van der Waals surface area contributed by atoms with E-state index >= 15 is 0 Å². The molecule has 106 valence electrons. The third kappa shape index (κ3) is 3.31. The summed E-state index contributed by atoms with van der Waals surface area (Å²) in [4.78, 5) is 24.3. The van der Waals surface area contributed by atoms with Gasteiger partial charge in [0.05, 0.1) is 6.04 Å². The zero-order valence-electron chi connectivity index (χ0n) is 10.9. The Hall–Kier alpha value is -1.99. The van der Waals surface area contributed by atoms with Crippen LogP contribution < -0.4 is 10.9 Å². The molecule has 0 aliphatic heterocycles. The Bertz CT molecular complexity index is 637. The van der Waals surface area contributed by atoms with Crippen LogP contribution in [0, 0.1) is 0 Å². The Morgan fingerprint density at radius 1 is 1.50 bits per heavy atom. The molecule has 1 unspecified atom stereocenters. The molecule has 2 rings (SSSR count). The van der Waals surface area contributed by atoms with Crippen molar-refractivity contribution in [2.24, 2.45) is 7.05 Å². The van der Waals surface area contributed by atoms with E-state index in [4.69, 9.17) is 5.11 Å². The van der Waals surface area contributed by atoms with Crippen molar-refractivity contribution in [2.75, 3.05) is 6.61 Å². The van der Waals surface area contributed by atoms with Crippen molar-refractivity contribution in [2.45, 2.75) is 12.5 Å². The Balaban J connectivity index is 2.15. The Kier molecular flexibility index (Phi) is 4.65. The molecule has 2 heterocycles. The fourth-order valence-electron chi connectivity index (χ4n) is 1.76. The molecule has 0 saturated carbocycles. The number of hydrogen-bond acceptors (Lipinski definition) is 5. The average molecular weight is 293 g/mol. The first-order chi connectivity index (χ1) is 9.61. The van der Waals surface area contributed by atoms with Crippen LogP contribution in [0.1, 0.15) is 27.8 Å². The number of hydrogen-bond donors (Lipinski definition) is 2. The van der Waals surface area contributed by atoms with Crippen LogP contribution in [0.25, 0.3) is 0 Å². The van der Waals surface area contributed by atoms with Gasteiger partial charge in [0.2, 0.25) is 0 Å². The minimum Gasteiger partial charge on any atom is -0.396 e. The topological polar surface area (TPSA) is 84.2 Å². The van der Waals surface area contributed by atoms with Gasteiger partial charge < -0.3 is 10.4 Å². The number of nitrogens with one attached hydrogen (secondary N) is 1. The molecule has 2 N–H and O–H groups in total. The van der Waals surface area contributed by atoms with Crippen molar-refractivity contribution >= 4 is 17.2 Å². The summed E-state index contributed by atoms with van der Waals surface area (Å²) in [5.74, 6) is -0.368. The summed E-state index contributed by atoms with van der Waals surface area (Å²) in [6.45, 7) is -0.0243. The van der Waals surface area contributed by atoms with E-state index in [2.05, 4.69) is 10.4 Å². The number of aromatic nitrogens is 2. The number of rotatable bonds is 5. The van der Waals surface area contributed by atoms with Gasteiger partial charge >= 0.3 is 0 Å². The van der Waals surface area contributed by atoms with Crippen molar-refractivity contribution in [3.63, 3.8) is 0 Å². The molecule has 0 aliphatic rings. The Morgan fingerprint density at radius 3 is 2.90 bits per heavy atom. The number of carbonyl (C=O) groups excluding carboxylic acids is 1. The van der Waals surface area contributed by atoms with Gasteiger partial charge in [0.1, 0.15) is 5.69 Å². The van der Waals surface area contributed by atoms with Crippen LogP contribution in [0.4, 0.5) is 0 Å². The monoisotopic (exact) mass is 293 g/mol. The van der Waals surface area contributed by atoms with Gasteiger partial charge in [-0.15, -0.1) is 11.3 Å². The molecule has 0 fully saturated rings. The van der Waals surface area contributed by atoms with E-state index in [0.29, 0.717) is 6.42 Å².